The number of carbonyl (C=O) groups is 1. The molecule has 7 heteroatoms. The Morgan fingerprint density at radius 2 is 1.82 bits per heavy atom. The van der Waals surface area contributed by atoms with Crippen LogP contribution in [0.5, 0.6) is 0 Å². The maximum absolute atomic E-state index is 12.8. The second kappa shape index (κ2) is 4.68. The summed E-state index contributed by atoms with van der Waals surface area (Å²) in [5.74, 6) is -4.31. The number of nitrogens with zero attached hydrogens (tertiary/aromatic N) is 1. The average Bonchev–Trinajstić information content (AvgIpc) is 2.21. The van der Waals surface area contributed by atoms with Gasteiger partial charge in [0.05, 0.1) is 0 Å². The summed E-state index contributed by atoms with van der Waals surface area (Å²) in [5, 5.41) is 0. The van der Waals surface area contributed by atoms with Crippen molar-refractivity contribution in [3.8, 4) is 0 Å². The van der Waals surface area contributed by atoms with Crippen LogP contribution >= 0.6 is 0 Å². The third-order valence-corrected chi connectivity index (χ3v) is 1.99. The second-order valence-corrected chi connectivity index (χ2v) is 3.41. The van der Waals surface area contributed by atoms with Gasteiger partial charge in [0, 0.05) is 13.6 Å². The number of hydrogen-bond donors (Lipinski definition) is 0. The molecule has 2 nitrogen and oxygen atoms in total. The molecule has 0 fully saturated rings. The molecule has 1 aromatic rings. The van der Waals surface area contributed by atoms with Crippen molar-refractivity contribution in [3.63, 3.8) is 0 Å². The lowest BCUT2D eigenvalue weighted by Crippen LogP contribution is -2.37. The molecule has 0 saturated carbocycles. The Labute approximate surface area is 93.6 Å². The lowest BCUT2D eigenvalue weighted by atomic mass is 10.2. The summed E-state index contributed by atoms with van der Waals surface area (Å²) in [6.07, 6.45) is -4.98. The van der Waals surface area contributed by atoms with E-state index in [1.54, 1.807) is 0 Å². The summed E-state index contributed by atoms with van der Waals surface area (Å²) < 4.78 is 61.4. The van der Waals surface area contributed by atoms with Crippen molar-refractivity contribution in [3.05, 3.63) is 35.4 Å². The van der Waals surface area contributed by atoms with Crippen LogP contribution in [0.2, 0.25) is 0 Å². The summed E-state index contributed by atoms with van der Waals surface area (Å²) in [5.41, 5.74) is 0.0731. The van der Waals surface area contributed by atoms with Gasteiger partial charge in [-0.2, -0.15) is 13.2 Å². The van der Waals surface area contributed by atoms with E-state index in [9.17, 15) is 26.7 Å². The molecule has 0 aromatic heterocycles. The molecule has 0 unspecified atom stereocenters. The first kappa shape index (κ1) is 13.4. The average molecular weight is 253 g/mol. The van der Waals surface area contributed by atoms with Gasteiger partial charge in [0.25, 0.3) is 0 Å². The van der Waals surface area contributed by atoms with Gasteiger partial charge >= 0.3 is 12.1 Å². The first-order valence-electron chi connectivity index (χ1n) is 4.48. The second-order valence-electron chi connectivity index (χ2n) is 3.41. The third-order valence-electron chi connectivity index (χ3n) is 1.99. The Hall–Kier alpha value is -1.66. The molecule has 0 spiro atoms. The van der Waals surface area contributed by atoms with Crippen molar-refractivity contribution in [2.75, 3.05) is 7.05 Å². The maximum atomic E-state index is 12.8. The predicted octanol–water partition coefficient (Wildman–Crippen LogP) is 2.49. The summed E-state index contributed by atoms with van der Waals surface area (Å²) in [4.78, 5) is 11.1. The SMILES string of the molecule is CN(Cc1ccc(F)c(F)c1)C(=O)C(F)(F)F. The maximum Gasteiger partial charge on any atom is 0.471 e. The van der Waals surface area contributed by atoms with E-state index in [0.717, 1.165) is 25.2 Å². The number of hydrogen-bond acceptors (Lipinski definition) is 1. The number of benzene rings is 1. The van der Waals surface area contributed by atoms with Gasteiger partial charge in [-0.3, -0.25) is 4.79 Å². The molecule has 0 aliphatic rings. The van der Waals surface area contributed by atoms with Gasteiger partial charge < -0.3 is 4.90 Å². The minimum atomic E-state index is -4.98. The quantitative estimate of drug-likeness (QED) is 0.741. The van der Waals surface area contributed by atoms with Crippen LogP contribution in [0.25, 0.3) is 0 Å². The fraction of sp³-hybridized carbons (Fsp3) is 0.300. The van der Waals surface area contributed by atoms with Crippen LogP contribution in [-0.4, -0.2) is 24.0 Å². The van der Waals surface area contributed by atoms with E-state index in [0.29, 0.717) is 4.90 Å². The first-order valence-corrected chi connectivity index (χ1v) is 4.48. The number of carbonyl (C=O) groups excluding carboxylic acids is 1. The van der Waals surface area contributed by atoms with Crippen LogP contribution in [0.1, 0.15) is 5.56 Å². The van der Waals surface area contributed by atoms with Crippen molar-refractivity contribution in [2.45, 2.75) is 12.7 Å². The lowest BCUT2D eigenvalue weighted by Gasteiger charge is -2.18. The summed E-state index contributed by atoms with van der Waals surface area (Å²) in [7, 11) is 0.928. The Morgan fingerprint density at radius 1 is 1.24 bits per heavy atom. The molecule has 0 bridgehead atoms. The molecule has 1 amide bonds. The molecule has 0 saturated heterocycles. The number of amides is 1. The highest BCUT2D eigenvalue weighted by Crippen LogP contribution is 2.19. The first-order chi connectivity index (χ1) is 7.71. The van der Waals surface area contributed by atoms with E-state index in [4.69, 9.17) is 0 Å². The minimum Gasteiger partial charge on any atom is -0.334 e. The zero-order valence-corrected chi connectivity index (χ0v) is 8.68. The van der Waals surface area contributed by atoms with E-state index in [-0.39, 0.29) is 5.56 Å². The van der Waals surface area contributed by atoms with Gasteiger partial charge in [0.15, 0.2) is 11.6 Å². The Balaban J connectivity index is 2.78. The Bertz CT molecular complexity index is 429. The summed E-state index contributed by atoms with van der Waals surface area (Å²) in [6, 6.07) is 2.64. The molecule has 1 aromatic carbocycles. The van der Waals surface area contributed by atoms with Crippen LogP contribution < -0.4 is 0 Å². The van der Waals surface area contributed by atoms with Crippen LogP contribution in [0.15, 0.2) is 18.2 Å². The van der Waals surface area contributed by atoms with Crippen molar-refractivity contribution in [1.29, 1.82) is 0 Å². The van der Waals surface area contributed by atoms with Crippen molar-refractivity contribution >= 4 is 5.91 Å². The van der Waals surface area contributed by atoms with Gasteiger partial charge in [0.2, 0.25) is 0 Å². The van der Waals surface area contributed by atoms with Crippen molar-refractivity contribution in [1.82, 2.24) is 4.90 Å². The number of rotatable bonds is 2. The molecule has 94 valence electrons. The van der Waals surface area contributed by atoms with Crippen molar-refractivity contribution in [2.24, 2.45) is 0 Å². The zero-order valence-electron chi connectivity index (χ0n) is 8.68. The van der Waals surface area contributed by atoms with Crippen molar-refractivity contribution < 1.29 is 26.7 Å². The summed E-state index contributed by atoms with van der Waals surface area (Å²) in [6.45, 7) is -0.449. The normalized spacial score (nSPS) is 11.4. The van der Waals surface area contributed by atoms with Gasteiger partial charge in [-0.05, 0) is 17.7 Å². The Kier molecular flexibility index (Phi) is 3.69. The van der Waals surface area contributed by atoms with Gasteiger partial charge in [-0.15, -0.1) is 0 Å². The highest BCUT2D eigenvalue weighted by molar-refractivity contribution is 5.81. The van der Waals surface area contributed by atoms with E-state index >= 15 is 0 Å². The number of alkyl halides is 3. The largest absolute Gasteiger partial charge is 0.471 e. The predicted molar refractivity (Wildman–Crippen MR) is 48.9 cm³/mol. The Morgan fingerprint density at radius 3 is 2.29 bits per heavy atom. The molecule has 0 aliphatic heterocycles. The molecular formula is C10H8F5NO. The van der Waals surface area contributed by atoms with Gasteiger partial charge in [-0.1, -0.05) is 6.07 Å². The van der Waals surface area contributed by atoms with E-state index in [2.05, 4.69) is 0 Å². The van der Waals surface area contributed by atoms with Crippen LogP contribution in [0.3, 0.4) is 0 Å². The highest BCUT2D eigenvalue weighted by atomic mass is 19.4. The molecule has 0 atom stereocenters. The zero-order chi connectivity index (χ0) is 13.2. The highest BCUT2D eigenvalue weighted by Gasteiger charge is 2.41. The minimum absolute atomic E-state index is 0.0731. The van der Waals surface area contributed by atoms with Gasteiger partial charge in [-0.25, -0.2) is 8.78 Å². The van der Waals surface area contributed by atoms with Crippen LogP contribution in [0.4, 0.5) is 22.0 Å². The molecule has 0 N–H and O–H groups in total. The standard InChI is InChI=1S/C10H8F5NO/c1-16(9(17)10(13,14)15)5-6-2-3-7(11)8(12)4-6/h2-4H,5H2,1H3. The van der Waals surface area contributed by atoms with Crippen LogP contribution in [0, 0.1) is 11.6 Å². The van der Waals surface area contributed by atoms with Crippen LogP contribution in [-0.2, 0) is 11.3 Å². The molecule has 17 heavy (non-hydrogen) atoms. The smallest absolute Gasteiger partial charge is 0.334 e. The fourth-order valence-electron chi connectivity index (χ4n) is 1.20. The third kappa shape index (κ3) is 3.40. The van der Waals surface area contributed by atoms with E-state index < -0.39 is 30.3 Å². The molecule has 0 aliphatic carbocycles. The monoisotopic (exact) mass is 253 g/mol. The van der Waals surface area contributed by atoms with E-state index in [1.165, 1.54) is 0 Å². The molecule has 0 radical (unpaired) electrons. The number of halogens is 5. The summed E-state index contributed by atoms with van der Waals surface area (Å²) >= 11 is 0. The lowest BCUT2D eigenvalue weighted by molar-refractivity contribution is -0.184. The molecule has 1 rings (SSSR count). The van der Waals surface area contributed by atoms with E-state index in [1.807, 2.05) is 0 Å². The topological polar surface area (TPSA) is 20.3 Å². The van der Waals surface area contributed by atoms with Gasteiger partial charge in [0.1, 0.15) is 0 Å². The fourth-order valence-corrected chi connectivity index (χ4v) is 1.20. The molecule has 0 heterocycles. The molecular weight excluding hydrogens is 245 g/mol.